The van der Waals surface area contributed by atoms with Crippen molar-refractivity contribution in [1.82, 2.24) is 0 Å². The lowest BCUT2D eigenvalue weighted by Gasteiger charge is -2.10. The molecule has 0 radical (unpaired) electrons. The van der Waals surface area contributed by atoms with Gasteiger partial charge in [0.2, 0.25) is 0 Å². The van der Waals surface area contributed by atoms with Gasteiger partial charge in [0.15, 0.2) is 5.96 Å². The molecular weight excluding hydrogens is 198 g/mol. The van der Waals surface area contributed by atoms with Crippen LogP contribution in [0.3, 0.4) is 0 Å². The molecule has 0 aliphatic rings. The summed E-state index contributed by atoms with van der Waals surface area (Å²) in [6, 6.07) is 0. The molecule has 0 aromatic carbocycles. The van der Waals surface area contributed by atoms with E-state index in [0.717, 1.165) is 0 Å². The van der Waals surface area contributed by atoms with Crippen molar-refractivity contribution in [3.63, 3.8) is 0 Å². The standard InChI is InChI=1S/C5H13N3.H2O4S/c1-5(2,3)8-4(6)7;1-5(2,3)4/h1-3H3,(H4,6,7,8);(H2,1,2,3,4). The Balaban J connectivity index is 0. The molecule has 0 aliphatic heterocycles. The minimum Gasteiger partial charge on any atom is -0.370 e. The molecule has 0 aliphatic carbocycles. The first kappa shape index (κ1) is 14.7. The molecule has 0 unspecified atom stereocenters. The summed E-state index contributed by atoms with van der Waals surface area (Å²) in [6.07, 6.45) is 0. The van der Waals surface area contributed by atoms with Gasteiger partial charge in [-0.25, -0.2) is 4.99 Å². The maximum absolute atomic E-state index is 8.74. The first-order chi connectivity index (χ1) is 5.42. The molecule has 0 atom stereocenters. The number of guanidine groups is 1. The van der Waals surface area contributed by atoms with Crippen LogP contribution in [0.5, 0.6) is 0 Å². The van der Waals surface area contributed by atoms with E-state index in [0.29, 0.717) is 0 Å². The molecule has 0 spiro atoms. The number of nitrogens with zero attached hydrogens (tertiary/aromatic N) is 1. The van der Waals surface area contributed by atoms with Gasteiger partial charge in [-0.1, -0.05) is 0 Å². The predicted molar refractivity (Wildman–Crippen MR) is 49.7 cm³/mol. The third-order valence-corrected chi connectivity index (χ3v) is 0.465. The van der Waals surface area contributed by atoms with E-state index in [9.17, 15) is 0 Å². The molecule has 80 valence electrons. The highest BCUT2D eigenvalue weighted by molar-refractivity contribution is 7.79. The van der Waals surface area contributed by atoms with Crippen LogP contribution >= 0.6 is 0 Å². The summed E-state index contributed by atoms with van der Waals surface area (Å²) in [5.41, 5.74) is 10.1. The Morgan fingerprint density at radius 2 is 1.46 bits per heavy atom. The Morgan fingerprint density at radius 3 is 1.46 bits per heavy atom. The molecule has 0 aromatic heterocycles. The van der Waals surface area contributed by atoms with E-state index >= 15 is 0 Å². The Labute approximate surface area is 77.4 Å². The smallest absolute Gasteiger partial charge is 0.370 e. The highest BCUT2D eigenvalue weighted by Crippen LogP contribution is 2.03. The molecule has 0 fully saturated rings. The van der Waals surface area contributed by atoms with Crippen molar-refractivity contribution in [3.8, 4) is 0 Å². The molecule has 13 heavy (non-hydrogen) atoms. The lowest BCUT2D eigenvalue weighted by Crippen LogP contribution is -2.27. The van der Waals surface area contributed by atoms with Gasteiger partial charge in [0, 0.05) is 0 Å². The summed E-state index contributed by atoms with van der Waals surface area (Å²) >= 11 is 0. The van der Waals surface area contributed by atoms with E-state index in [2.05, 4.69) is 4.99 Å². The van der Waals surface area contributed by atoms with E-state index in [1.807, 2.05) is 20.8 Å². The molecule has 0 rings (SSSR count). The molecule has 6 N–H and O–H groups in total. The highest BCUT2D eigenvalue weighted by Gasteiger charge is 2.05. The molecule has 8 heteroatoms. The van der Waals surface area contributed by atoms with E-state index in [1.165, 1.54) is 0 Å². The van der Waals surface area contributed by atoms with Crippen molar-refractivity contribution in [2.75, 3.05) is 0 Å². The van der Waals surface area contributed by atoms with E-state index in [1.54, 1.807) is 0 Å². The molecule has 0 saturated carbocycles. The fraction of sp³-hybridized carbons (Fsp3) is 0.800. The third kappa shape index (κ3) is 54.3. The average molecular weight is 213 g/mol. The lowest BCUT2D eigenvalue weighted by atomic mass is 10.1. The highest BCUT2D eigenvalue weighted by atomic mass is 32.3. The Kier molecular flexibility index (Phi) is 5.63. The van der Waals surface area contributed by atoms with Crippen LogP contribution in [0.4, 0.5) is 0 Å². The van der Waals surface area contributed by atoms with Gasteiger partial charge < -0.3 is 11.5 Å². The van der Waals surface area contributed by atoms with Crippen LogP contribution in [-0.2, 0) is 10.4 Å². The van der Waals surface area contributed by atoms with Crippen LogP contribution in [0.25, 0.3) is 0 Å². The Bertz CT molecular complexity index is 252. The third-order valence-electron chi connectivity index (χ3n) is 0.465. The van der Waals surface area contributed by atoms with Gasteiger partial charge >= 0.3 is 10.4 Å². The number of nitrogens with two attached hydrogens (primary N) is 2. The number of aliphatic imine (C=N–C) groups is 1. The molecular formula is C5H15N3O4S. The molecule has 0 heterocycles. The second-order valence-electron chi connectivity index (χ2n) is 3.16. The molecule has 0 amide bonds. The predicted octanol–water partition coefficient (Wildman–Crippen LogP) is -0.594. The lowest BCUT2D eigenvalue weighted by molar-refractivity contribution is 0.381. The molecule has 0 aromatic rings. The van der Waals surface area contributed by atoms with Crippen molar-refractivity contribution in [3.05, 3.63) is 0 Å². The zero-order chi connectivity index (χ0) is 11.3. The van der Waals surface area contributed by atoms with Crippen molar-refractivity contribution in [2.24, 2.45) is 16.5 Å². The fourth-order valence-corrected chi connectivity index (χ4v) is 0.387. The van der Waals surface area contributed by atoms with Crippen LogP contribution < -0.4 is 11.5 Å². The van der Waals surface area contributed by atoms with Crippen LogP contribution in [0.15, 0.2) is 4.99 Å². The maximum Gasteiger partial charge on any atom is 0.394 e. The van der Waals surface area contributed by atoms with Crippen LogP contribution in [0.1, 0.15) is 20.8 Å². The minimum atomic E-state index is -4.67. The largest absolute Gasteiger partial charge is 0.394 e. The second kappa shape index (κ2) is 5.00. The van der Waals surface area contributed by atoms with E-state index < -0.39 is 10.4 Å². The monoisotopic (exact) mass is 213 g/mol. The average Bonchev–Trinajstić information content (AvgIpc) is 1.47. The van der Waals surface area contributed by atoms with Crippen molar-refractivity contribution in [1.29, 1.82) is 0 Å². The van der Waals surface area contributed by atoms with Crippen molar-refractivity contribution in [2.45, 2.75) is 26.3 Å². The number of hydrogen-bond donors (Lipinski definition) is 4. The first-order valence-corrected chi connectivity index (χ1v) is 4.62. The molecule has 0 saturated heterocycles. The second-order valence-corrected chi connectivity index (χ2v) is 4.05. The topological polar surface area (TPSA) is 139 Å². The fourth-order valence-electron chi connectivity index (χ4n) is 0.387. The van der Waals surface area contributed by atoms with Crippen molar-refractivity contribution < 1.29 is 17.5 Å². The summed E-state index contributed by atoms with van der Waals surface area (Å²) < 4.78 is 31.6. The van der Waals surface area contributed by atoms with Crippen LogP contribution in [0.2, 0.25) is 0 Å². The summed E-state index contributed by atoms with van der Waals surface area (Å²) in [4.78, 5) is 3.88. The molecule has 0 bridgehead atoms. The van der Waals surface area contributed by atoms with E-state index in [-0.39, 0.29) is 11.5 Å². The zero-order valence-corrected chi connectivity index (χ0v) is 8.54. The van der Waals surface area contributed by atoms with Gasteiger partial charge in [-0.2, -0.15) is 8.42 Å². The summed E-state index contributed by atoms with van der Waals surface area (Å²) in [5, 5.41) is 0. The van der Waals surface area contributed by atoms with Gasteiger partial charge in [-0.05, 0) is 20.8 Å². The van der Waals surface area contributed by atoms with Crippen molar-refractivity contribution >= 4 is 16.4 Å². The summed E-state index contributed by atoms with van der Waals surface area (Å²) in [5.74, 6) is 0.150. The van der Waals surface area contributed by atoms with Gasteiger partial charge in [0.1, 0.15) is 0 Å². The van der Waals surface area contributed by atoms with Crippen LogP contribution in [-0.4, -0.2) is 29.0 Å². The SMILES string of the molecule is CC(C)(C)N=C(N)N.O=S(=O)(O)O. The number of hydrogen-bond acceptors (Lipinski definition) is 3. The molecule has 7 nitrogen and oxygen atoms in total. The zero-order valence-electron chi connectivity index (χ0n) is 7.72. The number of rotatable bonds is 0. The maximum atomic E-state index is 8.74. The minimum absolute atomic E-state index is 0.140. The van der Waals surface area contributed by atoms with Crippen LogP contribution in [0, 0.1) is 0 Å². The quantitative estimate of drug-likeness (QED) is 0.241. The normalized spacial score (nSPS) is 11.2. The van der Waals surface area contributed by atoms with Gasteiger partial charge in [0.25, 0.3) is 0 Å². The Hall–Kier alpha value is -0.860. The van der Waals surface area contributed by atoms with Gasteiger partial charge in [-0.15, -0.1) is 0 Å². The van der Waals surface area contributed by atoms with Gasteiger partial charge in [-0.3, -0.25) is 9.11 Å². The van der Waals surface area contributed by atoms with Gasteiger partial charge in [0.05, 0.1) is 5.54 Å². The summed E-state index contributed by atoms with van der Waals surface area (Å²) in [6.45, 7) is 5.81. The Morgan fingerprint density at radius 1 is 1.23 bits per heavy atom. The first-order valence-electron chi connectivity index (χ1n) is 3.22. The van der Waals surface area contributed by atoms with E-state index in [4.69, 9.17) is 29.0 Å². The summed E-state index contributed by atoms with van der Waals surface area (Å²) in [7, 11) is -4.67.